The number of methoxy groups -OCH3 is 1. The second-order valence-corrected chi connectivity index (χ2v) is 2.00. The van der Waals surface area contributed by atoms with Crippen molar-refractivity contribution in [2.45, 2.75) is 6.73 Å². The summed E-state index contributed by atoms with van der Waals surface area (Å²) in [5.74, 6) is 0.500. The van der Waals surface area contributed by atoms with E-state index in [0.717, 1.165) is 0 Å². The van der Waals surface area contributed by atoms with E-state index in [1.54, 1.807) is 29.8 Å². The van der Waals surface area contributed by atoms with Gasteiger partial charge >= 0.3 is 5.82 Å². The highest BCUT2D eigenvalue weighted by molar-refractivity contribution is 5.16. The van der Waals surface area contributed by atoms with Crippen LogP contribution in [0.25, 0.3) is 0 Å². The maximum Gasteiger partial charge on any atom is 0.305 e. The molecule has 1 rings (SSSR count). The van der Waals surface area contributed by atoms with E-state index in [4.69, 9.17) is 10.5 Å². The van der Waals surface area contributed by atoms with Crippen LogP contribution in [0.15, 0.2) is 6.20 Å². The minimum absolute atomic E-state index is 0.473. The van der Waals surface area contributed by atoms with E-state index < -0.39 is 0 Å². The van der Waals surface area contributed by atoms with Gasteiger partial charge in [-0.2, -0.15) is 0 Å². The van der Waals surface area contributed by atoms with Gasteiger partial charge in [0.25, 0.3) is 0 Å². The average Bonchev–Trinajstić information content (AvgIpc) is 2.13. The van der Waals surface area contributed by atoms with Crippen LogP contribution in [0.5, 0.6) is 0 Å². The zero-order valence-electron chi connectivity index (χ0n) is 6.11. The van der Waals surface area contributed by atoms with Crippen molar-refractivity contribution >= 4 is 5.82 Å². The number of aromatic nitrogens is 3. The molecule has 0 radical (unpaired) electrons. The Morgan fingerprint density at radius 2 is 2.60 bits per heavy atom. The topological polar surface area (TPSA) is 56.9 Å². The number of anilines is 1. The molecule has 0 fully saturated rings. The Morgan fingerprint density at radius 1 is 1.90 bits per heavy atom. The van der Waals surface area contributed by atoms with Gasteiger partial charge in [0.05, 0.1) is 12.1 Å². The monoisotopic (exact) mass is 143 g/mol. The van der Waals surface area contributed by atoms with E-state index in [2.05, 4.69) is 5.10 Å². The normalized spacial score (nSPS) is 10.2. The number of hydrogen-bond donors (Lipinski definition) is 1. The summed E-state index contributed by atoms with van der Waals surface area (Å²) in [6.45, 7) is 0.473. The predicted octanol–water partition coefficient (Wildman–Crippen LogP) is -1.11. The van der Waals surface area contributed by atoms with E-state index in [0.29, 0.717) is 12.5 Å². The van der Waals surface area contributed by atoms with Gasteiger partial charge < -0.3 is 10.5 Å². The van der Waals surface area contributed by atoms with Gasteiger partial charge in [-0.25, -0.2) is 0 Å². The van der Waals surface area contributed by atoms with Gasteiger partial charge in [-0.05, 0) is 4.80 Å². The number of hydrogen-bond acceptors (Lipinski definition) is 3. The standard InChI is InChI=1S/C5H11N4O/c1-8-7-5(6)3-9(8)4-10-2/h3H,4H2,1-2H3,(H2,6,7)/q+1. The van der Waals surface area contributed by atoms with Crippen molar-refractivity contribution in [3.8, 4) is 0 Å². The molecule has 0 aliphatic carbocycles. The Bertz CT molecular complexity index is 219. The summed E-state index contributed by atoms with van der Waals surface area (Å²) in [4.78, 5) is 1.62. The van der Waals surface area contributed by atoms with Crippen molar-refractivity contribution in [1.29, 1.82) is 0 Å². The smallest absolute Gasteiger partial charge is 0.305 e. The number of nitrogen functional groups attached to an aromatic ring is 1. The minimum Gasteiger partial charge on any atom is -0.358 e. The molecule has 0 atom stereocenters. The van der Waals surface area contributed by atoms with Gasteiger partial charge in [0.15, 0.2) is 6.20 Å². The third-order valence-corrected chi connectivity index (χ3v) is 1.17. The molecular weight excluding hydrogens is 132 g/mol. The summed E-state index contributed by atoms with van der Waals surface area (Å²) in [6, 6.07) is 0. The lowest BCUT2D eigenvalue weighted by Gasteiger charge is -1.92. The van der Waals surface area contributed by atoms with Crippen LogP contribution < -0.4 is 10.4 Å². The average molecular weight is 143 g/mol. The largest absolute Gasteiger partial charge is 0.358 e. The van der Waals surface area contributed by atoms with Crippen LogP contribution in [0.2, 0.25) is 0 Å². The SMILES string of the molecule is COC[n+]1cc(N)nn1C. The molecule has 5 heteroatoms. The van der Waals surface area contributed by atoms with Crippen LogP contribution in [0.1, 0.15) is 0 Å². The lowest BCUT2D eigenvalue weighted by Crippen LogP contribution is -2.42. The number of nitrogens with two attached hydrogens (primary N) is 1. The molecular formula is C5H11N4O+. The molecule has 0 unspecified atom stereocenters. The first kappa shape index (κ1) is 7.01. The van der Waals surface area contributed by atoms with Gasteiger partial charge in [0.2, 0.25) is 6.73 Å². The second kappa shape index (κ2) is 2.66. The molecule has 0 bridgehead atoms. The van der Waals surface area contributed by atoms with Crippen molar-refractivity contribution in [2.24, 2.45) is 7.05 Å². The molecule has 1 aromatic rings. The molecule has 2 N–H and O–H groups in total. The zero-order valence-corrected chi connectivity index (χ0v) is 6.11. The van der Waals surface area contributed by atoms with Gasteiger partial charge in [0, 0.05) is 7.11 Å². The lowest BCUT2D eigenvalue weighted by atomic mass is 10.8. The predicted molar refractivity (Wildman–Crippen MR) is 34.8 cm³/mol. The van der Waals surface area contributed by atoms with Crippen molar-refractivity contribution in [3.63, 3.8) is 0 Å². The molecule has 0 amide bonds. The third kappa shape index (κ3) is 1.24. The van der Waals surface area contributed by atoms with E-state index in [1.807, 2.05) is 0 Å². The maximum atomic E-state index is 5.40. The van der Waals surface area contributed by atoms with Gasteiger partial charge in [-0.15, -0.1) is 4.68 Å². The number of ether oxygens (including phenoxy) is 1. The highest BCUT2D eigenvalue weighted by Gasteiger charge is 2.07. The molecule has 0 aliphatic rings. The highest BCUT2D eigenvalue weighted by atomic mass is 16.5. The fourth-order valence-electron chi connectivity index (χ4n) is 0.740. The Balaban J connectivity index is 2.81. The summed E-state index contributed by atoms with van der Waals surface area (Å²) < 4.78 is 6.63. The van der Waals surface area contributed by atoms with Crippen molar-refractivity contribution < 1.29 is 9.42 Å². The van der Waals surface area contributed by atoms with Gasteiger partial charge in [-0.1, -0.05) is 0 Å². The van der Waals surface area contributed by atoms with Gasteiger partial charge in [-0.3, -0.25) is 0 Å². The number of aryl methyl sites for hydroxylation is 1. The summed E-state index contributed by atoms with van der Waals surface area (Å²) in [5, 5.41) is 3.91. The first-order valence-electron chi connectivity index (χ1n) is 2.92. The second-order valence-electron chi connectivity index (χ2n) is 2.00. The zero-order chi connectivity index (χ0) is 7.56. The Hall–Kier alpha value is -1.10. The van der Waals surface area contributed by atoms with Crippen LogP contribution in [-0.4, -0.2) is 17.0 Å². The van der Waals surface area contributed by atoms with Crippen molar-refractivity contribution in [1.82, 2.24) is 9.90 Å². The first-order chi connectivity index (χ1) is 4.74. The fourth-order valence-corrected chi connectivity index (χ4v) is 0.740. The molecule has 10 heavy (non-hydrogen) atoms. The fraction of sp³-hybridized carbons (Fsp3) is 0.600. The summed E-state index contributed by atoms with van der Waals surface area (Å²) in [6.07, 6.45) is 1.71. The summed E-state index contributed by atoms with van der Waals surface area (Å²) in [7, 11) is 3.42. The molecule has 0 aliphatic heterocycles. The van der Waals surface area contributed by atoms with Crippen LogP contribution in [0.3, 0.4) is 0 Å². The summed E-state index contributed by atoms with van der Waals surface area (Å²) in [5.41, 5.74) is 5.40. The highest BCUT2D eigenvalue weighted by Crippen LogP contribution is 1.85. The molecule has 1 heterocycles. The van der Waals surface area contributed by atoms with E-state index in [1.165, 1.54) is 0 Å². The maximum absolute atomic E-state index is 5.40. The molecule has 56 valence electrons. The number of nitrogens with zero attached hydrogens (tertiary/aromatic N) is 3. The Morgan fingerprint density at radius 3 is 3.00 bits per heavy atom. The Kier molecular flexibility index (Phi) is 1.86. The number of rotatable bonds is 2. The lowest BCUT2D eigenvalue weighted by molar-refractivity contribution is -0.805. The van der Waals surface area contributed by atoms with Crippen LogP contribution in [0.4, 0.5) is 5.82 Å². The van der Waals surface area contributed by atoms with Crippen LogP contribution in [-0.2, 0) is 18.5 Å². The van der Waals surface area contributed by atoms with Gasteiger partial charge in [0.1, 0.15) is 0 Å². The third-order valence-electron chi connectivity index (χ3n) is 1.17. The quantitative estimate of drug-likeness (QED) is 0.534. The van der Waals surface area contributed by atoms with Crippen molar-refractivity contribution in [2.75, 3.05) is 12.8 Å². The van der Waals surface area contributed by atoms with E-state index in [9.17, 15) is 0 Å². The Labute approximate surface area is 59.0 Å². The van der Waals surface area contributed by atoms with Crippen molar-refractivity contribution in [3.05, 3.63) is 6.20 Å². The molecule has 0 spiro atoms. The molecule has 0 aromatic carbocycles. The molecule has 0 saturated heterocycles. The van der Waals surface area contributed by atoms with Crippen LogP contribution in [0, 0.1) is 0 Å². The minimum atomic E-state index is 0.473. The first-order valence-corrected chi connectivity index (χ1v) is 2.92. The molecule has 5 nitrogen and oxygen atoms in total. The van der Waals surface area contributed by atoms with E-state index >= 15 is 0 Å². The molecule has 1 aromatic heterocycles. The molecule has 0 saturated carbocycles. The summed E-state index contributed by atoms with van der Waals surface area (Å²) >= 11 is 0. The van der Waals surface area contributed by atoms with Crippen LogP contribution >= 0.6 is 0 Å². The van der Waals surface area contributed by atoms with E-state index in [-0.39, 0.29) is 0 Å².